The van der Waals surface area contributed by atoms with Crippen molar-refractivity contribution in [3.63, 3.8) is 0 Å². The van der Waals surface area contributed by atoms with Crippen molar-refractivity contribution in [2.75, 3.05) is 18.5 Å². The van der Waals surface area contributed by atoms with Crippen molar-refractivity contribution < 1.29 is 37.5 Å². The lowest BCUT2D eigenvalue weighted by atomic mass is 10.1. The maximum atomic E-state index is 12.9. The Kier molecular flexibility index (Phi) is 7.24. The Balaban J connectivity index is 2.03. The molecule has 0 aliphatic heterocycles. The maximum absolute atomic E-state index is 12.9. The molecule has 1 amide bonds. The Morgan fingerprint density at radius 3 is 2.31 bits per heavy atom. The van der Waals surface area contributed by atoms with Crippen LogP contribution in [0, 0.1) is 12.7 Å². The fourth-order valence-corrected chi connectivity index (χ4v) is 2.58. The molecular weight excluding hydrogens is 385 g/mol. The monoisotopic (exact) mass is 405 g/mol. The quantitative estimate of drug-likeness (QED) is 0.531. The van der Waals surface area contributed by atoms with Crippen LogP contribution in [0.4, 0.5) is 10.3 Å². The predicted molar refractivity (Wildman–Crippen MR) is 99.1 cm³/mol. The molecule has 1 N–H and O–H groups in total. The standard InChI is InChI=1S/C20H20FNO7/c1-4-27-20(26)18-17(11(2)23)12(3)29-19(18)22-15(24)10-28-16(25)9-13-5-7-14(21)8-6-13/h5-8H,4,9-10H2,1-3H3,(H,22,24). The molecule has 9 heteroatoms. The summed E-state index contributed by atoms with van der Waals surface area (Å²) < 4.78 is 28.0. The normalized spacial score (nSPS) is 10.3. The molecule has 2 aromatic rings. The number of furan rings is 1. The summed E-state index contributed by atoms with van der Waals surface area (Å²) in [6.07, 6.45) is -0.143. The van der Waals surface area contributed by atoms with Crippen molar-refractivity contribution in [1.29, 1.82) is 0 Å². The molecule has 1 aromatic heterocycles. The molecule has 29 heavy (non-hydrogen) atoms. The van der Waals surface area contributed by atoms with Crippen molar-refractivity contribution >= 4 is 29.5 Å². The van der Waals surface area contributed by atoms with E-state index in [1.165, 1.54) is 38.1 Å². The van der Waals surface area contributed by atoms with Crippen molar-refractivity contribution in [3.8, 4) is 0 Å². The molecule has 0 fully saturated rings. The van der Waals surface area contributed by atoms with E-state index < -0.39 is 36.1 Å². The Morgan fingerprint density at radius 2 is 1.72 bits per heavy atom. The summed E-state index contributed by atoms with van der Waals surface area (Å²) in [4.78, 5) is 47.9. The highest BCUT2D eigenvalue weighted by Crippen LogP contribution is 2.28. The zero-order valence-corrected chi connectivity index (χ0v) is 16.2. The van der Waals surface area contributed by atoms with Gasteiger partial charge in [0.05, 0.1) is 18.6 Å². The molecule has 8 nitrogen and oxygen atoms in total. The summed E-state index contributed by atoms with van der Waals surface area (Å²) in [5.41, 5.74) is 0.337. The first-order valence-electron chi connectivity index (χ1n) is 8.74. The van der Waals surface area contributed by atoms with Gasteiger partial charge in [-0.15, -0.1) is 0 Å². The lowest BCUT2D eigenvalue weighted by Crippen LogP contribution is -2.23. The van der Waals surface area contributed by atoms with Crippen LogP contribution in [0.2, 0.25) is 0 Å². The highest BCUT2D eigenvalue weighted by molar-refractivity contribution is 6.10. The lowest BCUT2D eigenvalue weighted by Gasteiger charge is -2.07. The first-order valence-corrected chi connectivity index (χ1v) is 8.74. The summed E-state index contributed by atoms with van der Waals surface area (Å²) in [5, 5.41) is 2.31. The summed E-state index contributed by atoms with van der Waals surface area (Å²) in [6, 6.07) is 5.27. The molecule has 2 rings (SSSR count). The average Bonchev–Trinajstić information content (AvgIpc) is 2.98. The molecule has 0 saturated heterocycles. The Labute approximate surface area is 166 Å². The number of esters is 2. The first kappa shape index (κ1) is 21.8. The van der Waals surface area contributed by atoms with Crippen LogP contribution in [0.3, 0.4) is 0 Å². The highest BCUT2D eigenvalue weighted by atomic mass is 19.1. The van der Waals surface area contributed by atoms with Gasteiger partial charge in [0.25, 0.3) is 5.91 Å². The number of rotatable bonds is 8. The number of carbonyl (C=O) groups excluding carboxylic acids is 4. The molecule has 1 aromatic carbocycles. The molecule has 154 valence electrons. The molecule has 0 saturated carbocycles. The number of aryl methyl sites for hydroxylation is 1. The highest BCUT2D eigenvalue weighted by Gasteiger charge is 2.28. The van der Waals surface area contributed by atoms with E-state index in [2.05, 4.69) is 5.32 Å². The number of hydrogen-bond acceptors (Lipinski definition) is 7. The fourth-order valence-electron chi connectivity index (χ4n) is 2.58. The van der Waals surface area contributed by atoms with Gasteiger partial charge in [0.15, 0.2) is 12.4 Å². The number of ether oxygens (including phenoxy) is 2. The minimum Gasteiger partial charge on any atom is -0.462 e. The van der Waals surface area contributed by atoms with Crippen LogP contribution in [0.15, 0.2) is 28.7 Å². The second kappa shape index (κ2) is 9.63. The van der Waals surface area contributed by atoms with Crippen LogP contribution in [0.25, 0.3) is 0 Å². The van der Waals surface area contributed by atoms with Crippen LogP contribution in [0.1, 0.15) is 45.9 Å². The van der Waals surface area contributed by atoms with Crippen LogP contribution in [-0.4, -0.2) is 36.8 Å². The third-order valence-corrected chi connectivity index (χ3v) is 3.79. The molecule has 0 atom stereocenters. The number of benzene rings is 1. The van der Waals surface area contributed by atoms with Gasteiger partial charge in [-0.05, 0) is 38.5 Å². The van der Waals surface area contributed by atoms with E-state index in [-0.39, 0.29) is 35.8 Å². The molecular formula is C20H20FNO7. The number of nitrogens with one attached hydrogen (secondary N) is 1. The van der Waals surface area contributed by atoms with Crippen molar-refractivity contribution in [2.24, 2.45) is 0 Å². The number of halogens is 1. The van der Waals surface area contributed by atoms with Gasteiger partial charge in [0.1, 0.15) is 17.1 Å². The van der Waals surface area contributed by atoms with Gasteiger partial charge in [-0.3, -0.25) is 19.7 Å². The van der Waals surface area contributed by atoms with Crippen LogP contribution in [0.5, 0.6) is 0 Å². The van der Waals surface area contributed by atoms with E-state index in [4.69, 9.17) is 13.9 Å². The van der Waals surface area contributed by atoms with Gasteiger partial charge >= 0.3 is 11.9 Å². The predicted octanol–water partition coefficient (Wildman–Crippen LogP) is 2.83. The second-order valence-electron chi connectivity index (χ2n) is 6.03. The van der Waals surface area contributed by atoms with Crippen LogP contribution >= 0.6 is 0 Å². The zero-order chi connectivity index (χ0) is 21.6. The zero-order valence-electron chi connectivity index (χ0n) is 16.2. The number of hydrogen-bond donors (Lipinski definition) is 1. The van der Waals surface area contributed by atoms with E-state index >= 15 is 0 Å². The number of carbonyl (C=O) groups is 4. The maximum Gasteiger partial charge on any atom is 0.344 e. The third kappa shape index (κ3) is 5.74. The van der Waals surface area contributed by atoms with E-state index in [9.17, 15) is 23.6 Å². The topological polar surface area (TPSA) is 112 Å². The van der Waals surface area contributed by atoms with Crippen LogP contribution < -0.4 is 5.32 Å². The van der Waals surface area contributed by atoms with E-state index in [1.807, 2.05) is 0 Å². The molecule has 0 unspecified atom stereocenters. The second-order valence-corrected chi connectivity index (χ2v) is 6.03. The number of ketones is 1. The van der Waals surface area contributed by atoms with E-state index in [0.29, 0.717) is 5.56 Å². The van der Waals surface area contributed by atoms with Gasteiger partial charge in [-0.25, -0.2) is 9.18 Å². The average molecular weight is 405 g/mol. The Hall–Kier alpha value is -3.49. The molecule has 0 aliphatic rings. The third-order valence-electron chi connectivity index (χ3n) is 3.79. The van der Waals surface area contributed by atoms with Gasteiger partial charge in [0, 0.05) is 0 Å². The van der Waals surface area contributed by atoms with Gasteiger partial charge in [-0.2, -0.15) is 0 Å². The van der Waals surface area contributed by atoms with E-state index in [1.54, 1.807) is 6.92 Å². The van der Waals surface area contributed by atoms with Crippen molar-refractivity contribution in [1.82, 2.24) is 0 Å². The Bertz CT molecular complexity index is 931. The minimum atomic E-state index is -0.821. The minimum absolute atomic E-state index is 0.00653. The molecule has 0 aliphatic carbocycles. The largest absolute Gasteiger partial charge is 0.462 e. The smallest absolute Gasteiger partial charge is 0.344 e. The summed E-state index contributed by atoms with van der Waals surface area (Å²) in [7, 11) is 0. The lowest BCUT2D eigenvalue weighted by molar-refractivity contribution is -0.146. The number of anilines is 1. The Morgan fingerprint density at radius 1 is 1.07 bits per heavy atom. The summed E-state index contributed by atoms with van der Waals surface area (Å²) in [5.74, 6) is -3.27. The fraction of sp³-hybridized carbons (Fsp3) is 0.300. The molecule has 0 spiro atoms. The molecule has 1 heterocycles. The van der Waals surface area contributed by atoms with Crippen LogP contribution in [-0.2, 0) is 25.5 Å². The first-order chi connectivity index (χ1) is 13.7. The summed E-state index contributed by atoms with van der Waals surface area (Å²) >= 11 is 0. The molecule has 0 radical (unpaired) electrons. The molecule has 0 bridgehead atoms. The van der Waals surface area contributed by atoms with Crippen molar-refractivity contribution in [3.05, 3.63) is 52.5 Å². The number of amides is 1. The summed E-state index contributed by atoms with van der Waals surface area (Å²) in [6.45, 7) is 3.74. The number of Topliss-reactive ketones (excluding diaryl/α,β-unsaturated/α-hetero) is 1. The van der Waals surface area contributed by atoms with Crippen molar-refractivity contribution in [2.45, 2.75) is 27.2 Å². The van der Waals surface area contributed by atoms with Gasteiger partial charge in [-0.1, -0.05) is 12.1 Å². The SMILES string of the molecule is CCOC(=O)c1c(NC(=O)COC(=O)Cc2ccc(F)cc2)oc(C)c1C(C)=O. The van der Waals surface area contributed by atoms with E-state index in [0.717, 1.165) is 0 Å². The van der Waals surface area contributed by atoms with Gasteiger partial charge < -0.3 is 13.9 Å². The van der Waals surface area contributed by atoms with Gasteiger partial charge in [0.2, 0.25) is 5.88 Å².